The lowest BCUT2D eigenvalue weighted by atomic mass is 10.2. The predicted molar refractivity (Wildman–Crippen MR) is 107 cm³/mol. The van der Waals surface area contributed by atoms with Crippen molar-refractivity contribution in [3.63, 3.8) is 0 Å². The zero-order chi connectivity index (χ0) is 17.8. The molecular formula is C20H26N4OS. The van der Waals surface area contributed by atoms with E-state index in [9.17, 15) is 0 Å². The second-order valence-corrected chi connectivity index (χ2v) is 7.83. The highest BCUT2D eigenvalue weighted by Crippen LogP contribution is 2.26. The molecule has 3 aromatic rings. The van der Waals surface area contributed by atoms with Crippen LogP contribution in [0.5, 0.6) is 0 Å². The van der Waals surface area contributed by atoms with Crippen LogP contribution in [0.4, 0.5) is 0 Å². The summed E-state index contributed by atoms with van der Waals surface area (Å²) in [6, 6.07) is 10.7. The first kappa shape index (κ1) is 17.7. The SMILES string of the molecule is Cc1ccc2nc(-n3cccc3CNCCCN3CCOCC3)sc2c1. The highest BCUT2D eigenvalue weighted by molar-refractivity contribution is 7.20. The molecule has 1 saturated heterocycles. The Hall–Kier alpha value is -1.73. The van der Waals surface area contributed by atoms with Crippen molar-refractivity contribution in [2.45, 2.75) is 19.9 Å². The number of morpholine rings is 1. The Bertz CT molecular complexity index is 850. The Morgan fingerprint density at radius 1 is 1.23 bits per heavy atom. The van der Waals surface area contributed by atoms with Gasteiger partial charge < -0.3 is 10.1 Å². The van der Waals surface area contributed by atoms with Crippen molar-refractivity contribution in [2.75, 3.05) is 39.4 Å². The Labute approximate surface area is 158 Å². The number of rotatable bonds is 7. The molecule has 0 bridgehead atoms. The smallest absolute Gasteiger partial charge is 0.194 e. The third-order valence-electron chi connectivity index (χ3n) is 4.81. The first-order chi connectivity index (χ1) is 12.8. The van der Waals surface area contributed by atoms with Gasteiger partial charge in [-0.25, -0.2) is 4.98 Å². The minimum atomic E-state index is 0.866. The van der Waals surface area contributed by atoms with Crippen LogP contribution in [0.25, 0.3) is 15.3 Å². The van der Waals surface area contributed by atoms with Gasteiger partial charge in [0.2, 0.25) is 0 Å². The molecule has 0 unspecified atom stereocenters. The number of ether oxygens (including phenoxy) is 1. The Kier molecular flexibility index (Phi) is 5.65. The maximum absolute atomic E-state index is 5.39. The van der Waals surface area contributed by atoms with Crippen LogP contribution < -0.4 is 5.32 Å². The number of benzene rings is 1. The molecule has 0 aliphatic carbocycles. The summed E-state index contributed by atoms with van der Waals surface area (Å²) >= 11 is 1.75. The standard InChI is InChI=1S/C20H26N4OS/c1-16-5-6-18-19(14-16)26-20(22-18)24-9-2-4-17(24)15-21-7-3-8-23-10-12-25-13-11-23/h2,4-6,9,14,21H,3,7-8,10-13,15H2,1H3. The lowest BCUT2D eigenvalue weighted by Gasteiger charge is -2.26. The van der Waals surface area contributed by atoms with Crippen molar-refractivity contribution in [1.82, 2.24) is 19.8 Å². The summed E-state index contributed by atoms with van der Waals surface area (Å²) in [7, 11) is 0. The second kappa shape index (κ2) is 8.31. The summed E-state index contributed by atoms with van der Waals surface area (Å²) in [4.78, 5) is 7.28. The van der Waals surface area contributed by atoms with E-state index < -0.39 is 0 Å². The fraction of sp³-hybridized carbons (Fsp3) is 0.450. The summed E-state index contributed by atoms with van der Waals surface area (Å²) in [5, 5.41) is 4.62. The van der Waals surface area contributed by atoms with E-state index >= 15 is 0 Å². The van der Waals surface area contributed by atoms with Gasteiger partial charge in [0.15, 0.2) is 5.13 Å². The van der Waals surface area contributed by atoms with E-state index in [0.717, 1.165) is 56.6 Å². The van der Waals surface area contributed by atoms with E-state index in [-0.39, 0.29) is 0 Å². The van der Waals surface area contributed by atoms with Crippen molar-refractivity contribution in [3.8, 4) is 5.13 Å². The second-order valence-electron chi connectivity index (χ2n) is 6.82. The number of hydrogen-bond acceptors (Lipinski definition) is 5. The molecule has 1 aromatic carbocycles. The van der Waals surface area contributed by atoms with E-state index in [1.54, 1.807) is 11.3 Å². The fourth-order valence-corrected chi connectivity index (χ4v) is 4.42. The summed E-state index contributed by atoms with van der Waals surface area (Å²) in [6.45, 7) is 9.06. The molecular weight excluding hydrogens is 344 g/mol. The third-order valence-corrected chi connectivity index (χ3v) is 5.83. The van der Waals surface area contributed by atoms with E-state index in [1.807, 2.05) is 0 Å². The topological polar surface area (TPSA) is 42.3 Å². The number of fused-ring (bicyclic) bond motifs is 1. The van der Waals surface area contributed by atoms with Gasteiger partial charge in [-0.15, -0.1) is 0 Å². The zero-order valence-corrected chi connectivity index (χ0v) is 16.1. The lowest BCUT2D eigenvalue weighted by Crippen LogP contribution is -2.37. The molecule has 1 fully saturated rings. The third kappa shape index (κ3) is 4.15. The van der Waals surface area contributed by atoms with Crippen molar-refractivity contribution >= 4 is 21.6 Å². The number of thiazole rings is 1. The summed E-state index contributed by atoms with van der Waals surface area (Å²) in [5.74, 6) is 0. The molecule has 0 atom stereocenters. The Morgan fingerprint density at radius 2 is 2.12 bits per heavy atom. The van der Waals surface area contributed by atoms with E-state index in [0.29, 0.717) is 0 Å². The molecule has 1 aliphatic rings. The molecule has 138 valence electrons. The van der Waals surface area contributed by atoms with Crippen LogP contribution in [0, 0.1) is 6.92 Å². The average molecular weight is 371 g/mol. The fourth-order valence-electron chi connectivity index (χ4n) is 3.34. The molecule has 0 saturated carbocycles. The van der Waals surface area contributed by atoms with E-state index in [4.69, 9.17) is 9.72 Å². The largest absolute Gasteiger partial charge is 0.379 e. The first-order valence-corrected chi connectivity index (χ1v) is 10.2. The molecule has 26 heavy (non-hydrogen) atoms. The number of nitrogens with zero attached hydrogens (tertiary/aromatic N) is 3. The van der Waals surface area contributed by atoms with Gasteiger partial charge in [-0.3, -0.25) is 9.47 Å². The molecule has 2 aromatic heterocycles. The summed E-state index contributed by atoms with van der Waals surface area (Å²) < 4.78 is 8.85. The number of aryl methyl sites for hydroxylation is 1. The van der Waals surface area contributed by atoms with Gasteiger partial charge in [-0.05, 0) is 56.3 Å². The minimum Gasteiger partial charge on any atom is -0.379 e. The van der Waals surface area contributed by atoms with E-state index in [1.165, 1.54) is 22.4 Å². The van der Waals surface area contributed by atoms with Crippen LogP contribution in [-0.2, 0) is 11.3 Å². The molecule has 1 N–H and O–H groups in total. The van der Waals surface area contributed by atoms with Gasteiger partial charge in [-0.2, -0.15) is 0 Å². The van der Waals surface area contributed by atoms with Crippen LogP contribution in [0.15, 0.2) is 36.5 Å². The van der Waals surface area contributed by atoms with Crippen molar-refractivity contribution in [2.24, 2.45) is 0 Å². The molecule has 3 heterocycles. The van der Waals surface area contributed by atoms with Crippen molar-refractivity contribution < 1.29 is 4.74 Å². The van der Waals surface area contributed by atoms with Crippen LogP contribution in [-0.4, -0.2) is 53.8 Å². The molecule has 1 aliphatic heterocycles. The lowest BCUT2D eigenvalue weighted by molar-refractivity contribution is 0.0374. The van der Waals surface area contributed by atoms with Crippen LogP contribution in [0.1, 0.15) is 17.7 Å². The average Bonchev–Trinajstić information content (AvgIpc) is 3.28. The number of nitrogens with one attached hydrogen (secondary N) is 1. The van der Waals surface area contributed by atoms with Crippen molar-refractivity contribution in [1.29, 1.82) is 0 Å². The first-order valence-electron chi connectivity index (χ1n) is 9.34. The number of aromatic nitrogens is 2. The maximum atomic E-state index is 5.39. The van der Waals surface area contributed by atoms with Crippen LogP contribution in [0.3, 0.4) is 0 Å². The molecule has 0 amide bonds. The van der Waals surface area contributed by atoms with Gasteiger partial charge in [0.25, 0.3) is 0 Å². The number of hydrogen-bond donors (Lipinski definition) is 1. The van der Waals surface area contributed by atoms with Gasteiger partial charge >= 0.3 is 0 Å². The molecule has 0 spiro atoms. The Balaban J connectivity index is 1.33. The molecule has 5 nitrogen and oxygen atoms in total. The quantitative estimate of drug-likeness (QED) is 0.649. The van der Waals surface area contributed by atoms with Gasteiger partial charge in [0, 0.05) is 31.5 Å². The highest BCUT2D eigenvalue weighted by atomic mass is 32.1. The van der Waals surface area contributed by atoms with Gasteiger partial charge in [0.05, 0.1) is 23.4 Å². The van der Waals surface area contributed by atoms with E-state index in [2.05, 4.69) is 58.2 Å². The summed E-state index contributed by atoms with van der Waals surface area (Å²) in [5.41, 5.74) is 3.61. The normalized spacial score (nSPS) is 15.7. The van der Waals surface area contributed by atoms with Crippen LogP contribution >= 0.6 is 11.3 Å². The van der Waals surface area contributed by atoms with Gasteiger partial charge in [0.1, 0.15) is 0 Å². The van der Waals surface area contributed by atoms with Crippen molar-refractivity contribution in [3.05, 3.63) is 47.8 Å². The van der Waals surface area contributed by atoms with Gasteiger partial charge in [-0.1, -0.05) is 17.4 Å². The maximum Gasteiger partial charge on any atom is 0.194 e. The monoisotopic (exact) mass is 370 g/mol. The molecule has 4 rings (SSSR count). The highest BCUT2D eigenvalue weighted by Gasteiger charge is 2.10. The molecule has 0 radical (unpaired) electrons. The molecule has 6 heteroatoms. The van der Waals surface area contributed by atoms with Crippen LogP contribution in [0.2, 0.25) is 0 Å². The Morgan fingerprint density at radius 3 is 3.00 bits per heavy atom. The zero-order valence-electron chi connectivity index (χ0n) is 15.3. The predicted octanol–water partition coefficient (Wildman–Crippen LogP) is 3.21. The minimum absolute atomic E-state index is 0.866. The summed E-state index contributed by atoms with van der Waals surface area (Å²) in [6.07, 6.45) is 3.27.